The number of likely N-dealkylation sites (tertiary alicyclic amines) is 1. The van der Waals surface area contributed by atoms with E-state index >= 15 is 0 Å². The number of aromatic amines is 1. The van der Waals surface area contributed by atoms with Crippen LogP contribution in [-0.4, -0.2) is 93.1 Å². The number of carbonyl (C=O) groups is 4. The van der Waals surface area contributed by atoms with Gasteiger partial charge in [0.15, 0.2) is 0 Å². The quantitative estimate of drug-likeness (QED) is 0.224. The van der Waals surface area contributed by atoms with Gasteiger partial charge in [-0.25, -0.2) is 4.79 Å². The van der Waals surface area contributed by atoms with E-state index in [9.17, 15) is 24.3 Å². The predicted molar refractivity (Wildman–Crippen MR) is 136 cm³/mol. The Labute approximate surface area is 213 Å². The first-order chi connectivity index (χ1) is 17.3. The van der Waals surface area contributed by atoms with E-state index in [2.05, 4.69) is 15.6 Å². The number of para-hydroxylation sites is 1. The zero-order valence-corrected chi connectivity index (χ0v) is 20.9. The van der Waals surface area contributed by atoms with Gasteiger partial charge in [0.2, 0.25) is 17.7 Å². The van der Waals surface area contributed by atoms with E-state index in [1.807, 2.05) is 30.5 Å². The molecule has 0 radical (unpaired) electrons. The van der Waals surface area contributed by atoms with Gasteiger partial charge in [-0.05, 0) is 42.9 Å². The summed E-state index contributed by atoms with van der Waals surface area (Å²) in [5, 5.41) is 25.0. The lowest BCUT2D eigenvalue weighted by atomic mass is 10.0. The number of nitrogens with one attached hydrogen (secondary N) is 3. The van der Waals surface area contributed by atoms with Crippen molar-refractivity contribution in [2.24, 2.45) is 5.73 Å². The number of rotatable bonds is 12. The third-order valence-electron chi connectivity index (χ3n) is 6.31. The molecule has 3 rings (SSSR count). The van der Waals surface area contributed by atoms with Crippen LogP contribution in [0.3, 0.4) is 0 Å². The first kappa shape index (κ1) is 27.5. The molecule has 12 heteroatoms. The number of nitrogens with zero attached hydrogens (tertiary/aromatic N) is 1. The second-order valence-corrected chi connectivity index (χ2v) is 9.77. The Hall–Kier alpha value is -3.09. The van der Waals surface area contributed by atoms with Crippen molar-refractivity contribution in [1.29, 1.82) is 0 Å². The summed E-state index contributed by atoms with van der Waals surface area (Å²) in [5.74, 6) is -2.21. The molecule has 7 N–H and O–H groups in total. The van der Waals surface area contributed by atoms with Crippen molar-refractivity contribution in [3.05, 3.63) is 36.0 Å². The molecule has 0 saturated carbocycles. The van der Waals surface area contributed by atoms with Crippen molar-refractivity contribution in [3.63, 3.8) is 0 Å². The molecule has 1 aromatic carbocycles. The third-order valence-corrected chi connectivity index (χ3v) is 6.95. The number of nitrogens with two attached hydrogens (primary N) is 1. The Balaban J connectivity index is 1.71. The van der Waals surface area contributed by atoms with Crippen molar-refractivity contribution in [1.82, 2.24) is 20.5 Å². The predicted octanol–water partition coefficient (Wildman–Crippen LogP) is -0.172. The number of aliphatic carboxylic acids is 1. The zero-order chi connectivity index (χ0) is 26.2. The van der Waals surface area contributed by atoms with Crippen LogP contribution in [0.4, 0.5) is 0 Å². The number of carbonyl (C=O) groups excluding carboxylic acids is 3. The smallest absolute Gasteiger partial charge is 0.326 e. The number of hydrogen-bond donors (Lipinski definition) is 6. The van der Waals surface area contributed by atoms with Crippen LogP contribution >= 0.6 is 11.8 Å². The molecule has 0 spiro atoms. The van der Waals surface area contributed by atoms with E-state index in [4.69, 9.17) is 10.8 Å². The van der Waals surface area contributed by atoms with Gasteiger partial charge in [-0.15, -0.1) is 0 Å². The van der Waals surface area contributed by atoms with Crippen LogP contribution in [0.1, 0.15) is 24.8 Å². The number of carboxylic acids is 1. The third kappa shape index (κ3) is 6.56. The number of aromatic nitrogens is 1. The van der Waals surface area contributed by atoms with Crippen molar-refractivity contribution in [3.8, 4) is 0 Å². The lowest BCUT2D eigenvalue weighted by Gasteiger charge is -2.30. The normalized spacial score (nSPS) is 18.0. The average molecular weight is 520 g/mol. The van der Waals surface area contributed by atoms with Crippen LogP contribution < -0.4 is 16.4 Å². The SMILES string of the molecule is CSCCC(NC(=O)C(N)CO)C(=O)N1CCCC1C(=O)NC(Cc1c[nH]c2ccccc12)C(=O)O. The maximum absolute atomic E-state index is 13.3. The number of benzene rings is 1. The minimum Gasteiger partial charge on any atom is -0.480 e. The molecule has 36 heavy (non-hydrogen) atoms. The number of thioether (sulfide) groups is 1. The molecule has 1 saturated heterocycles. The molecule has 4 unspecified atom stereocenters. The molecular formula is C24H33N5O6S. The maximum atomic E-state index is 13.3. The zero-order valence-electron chi connectivity index (χ0n) is 20.1. The number of H-pyrrole nitrogens is 1. The van der Waals surface area contributed by atoms with Crippen LogP contribution in [0.25, 0.3) is 10.9 Å². The van der Waals surface area contributed by atoms with Gasteiger partial charge in [-0.1, -0.05) is 18.2 Å². The molecule has 11 nitrogen and oxygen atoms in total. The number of aliphatic hydroxyl groups is 1. The number of amides is 3. The highest BCUT2D eigenvalue weighted by atomic mass is 32.2. The lowest BCUT2D eigenvalue weighted by Crippen LogP contribution is -2.57. The summed E-state index contributed by atoms with van der Waals surface area (Å²) in [6.45, 7) is -0.244. The van der Waals surface area contributed by atoms with Crippen molar-refractivity contribution in [2.75, 3.05) is 25.2 Å². The Bertz CT molecular complexity index is 1090. The van der Waals surface area contributed by atoms with Crippen LogP contribution in [0, 0.1) is 0 Å². The van der Waals surface area contributed by atoms with Crippen molar-refractivity contribution < 1.29 is 29.4 Å². The number of carboxylic acid groups (broad SMARTS) is 1. The summed E-state index contributed by atoms with van der Waals surface area (Å²) in [7, 11) is 0. The molecule has 1 aliphatic rings. The van der Waals surface area contributed by atoms with Crippen LogP contribution in [0.15, 0.2) is 30.5 Å². The summed E-state index contributed by atoms with van der Waals surface area (Å²) in [4.78, 5) is 55.2. The highest BCUT2D eigenvalue weighted by molar-refractivity contribution is 7.98. The number of aliphatic hydroxyl groups excluding tert-OH is 1. The second kappa shape index (κ2) is 12.7. The van der Waals surface area contributed by atoms with E-state index in [1.165, 1.54) is 16.7 Å². The van der Waals surface area contributed by atoms with E-state index in [-0.39, 0.29) is 6.42 Å². The van der Waals surface area contributed by atoms with Gasteiger partial charge in [0.25, 0.3) is 0 Å². The van der Waals surface area contributed by atoms with E-state index in [0.29, 0.717) is 31.6 Å². The Morgan fingerprint density at radius 1 is 1.22 bits per heavy atom. The second-order valence-electron chi connectivity index (χ2n) is 8.78. The van der Waals surface area contributed by atoms with Crippen LogP contribution in [0.5, 0.6) is 0 Å². The van der Waals surface area contributed by atoms with E-state index in [0.717, 1.165) is 16.5 Å². The lowest BCUT2D eigenvalue weighted by molar-refractivity contribution is -0.145. The molecular weight excluding hydrogens is 486 g/mol. The molecule has 1 fully saturated rings. The summed E-state index contributed by atoms with van der Waals surface area (Å²) in [6, 6.07) is 3.41. The van der Waals surface area contributed by atoms with Crippen LogP contribution in [-0.2, 0) is 25.6 Å². The summed E-state index contributed by atoms with van der Waals surface area (Å²) >= 11 is 1.50. The minimum absolute atomic E-state index is 0.0806. The molecule has 2 aromatic rings. The number of fused-ring (bicyclic) bond motifs is 1. The van der Waals surface area contributed by atoms with Gasteiger partial charge in [0, 0.05) is 30.1 Å². The molecule has 0 bridgehead atoms. The van der Waals surface area contributed by atoms with Gasteiger partial charge in [-0.2, -0.15) is 11.8 Å². The van der Waals surface area contributed by atoms with Gasteiger partial charge in [0.05, 0.1) is 6.61 Å². The summed E-state index contributed by atoms with van der Waals surface area (Å²) in [5.41, 5.74) is 7.21. The largest absolute Gasteiger partial charge is 0.480 e. The molecule has 2 heterocycles. The molecule has 1 aromatic heterocycles. The fourth-order valence-corrected chi connectivity index (χ4v) is 4.82. The van der Waals surface area contributed by atoms with Gasteiger partial charge in [-0.3, -0.25) is 14.4 Å². The highest BCUT2D eigenvalue weighted by Gasteiger charge is 2.39. The Kier molecular flexibility index (Phi) is 9.73. The summed E-state index contributed by atoms with van der Waals surface area (Å²) < 4.78 is 0. The van der Waals surface area contributed by atoms with Crippen LogP contribution in [0.2, 0.25) is 0 Å². The van der Waals surface area contributed by atoms with Gasteiger partial charge < -0.3 is 36.5 Å². The Morgan fingerprint density at radius 3 is 2.67 bits per heavy atom. The topological polar surface area (TPSA) is 178 Å². The Morgan fingerprint density at radius 2 is 1.97 bits per heavy atom. The highest BCUT2D eigenvalue weighted by Crippen LogP contribution is 2.22. The number of hydrogen-bond acceptors (Lipinski definition) is 7. The molecule has 4 atom stereocenters. The minimum atomic E-state index is -1.18. The fourth-order valence-electron chi connectivity index (χ4n) is 4.35. The monoisotopic (exact) mass is 519 g/mol. The molecule has 1 aliphatic heterocycles. The van der Waals surface area contributed by atoms with Crippen molar-refractivity contribution >= 4 is 46.4 Å². The van der Waals surface area contributed by atoms with E-state index in [1.54, 1.807) is 6.20 Å². The maximum Gasteiger partial charge on any atom is 0.326 e. The van der Waals surface area contributed by atoms with E-state index < -0.39 is 54.5 Å². The van der Waals surface area contributed by atoms with Gasteiger partial charge >= 0.3 is 5.97 Å². The van der Waals surface area contributed by atoms with Gasteiger partial charge in [0.1, 0.15) is 24.2 Å². The standard InChI is InChI=1S/C24H33N5O6S/c1-36-10-8-18(27-21(31)16(25)13-30)23(33)29-9-4-7-20(29)22(32)28-19(24(34)35)11-14-12-26-17-6-3-2-5-15(14)17/h2-3,5-6,12,16,18-20,26,30H,4,7-11,13,25H2,1H3,(H,27,31)(H,28,32)(H,34,35). The van der Waals surface area contributed by atoms with Crippen molar-refractivity contribution in [2.45, 2.75) is 49.9 Å². The average Bonchev–Trinajstić information content (AvgIpc) is 3.52. The fraction of sp³-hybridized carbons (Fsp3) is 0.500. The summed E-state index contributed by atoms with van der Waals surface area (Å²) in [6.07, 6.45) is 4.97. The first-order valence-electron chi connectivity index (χ1n) is 11.8. The molecule has 3 amide bonds. The first-order valence-corrected chi connectivity index (χ1v) is 13.2. The molecule has 196 valence electrons. The molecule has 0 aliphatic carbocycles.